The highest BCUT2D eigenvalue weighted by atomic mass is 32.1. The van der Waals surface area contributed by atoms with Gasteiger partial charge in [-0.2, -0.15) is 13.2 Å². The zero-order valence-corrected chi connectivity index (χ0v) is 16.0. The molecule has 0 aliphatic heterocycles. The van der Waals surface area contributed by atoms with Gasteiger partial charge in [-0.3, -0.25) is 14.3 Å². The van der Waals surface area contributed by atoms with Crippen LogP contribution in [0.1, 0.15) is 24.2 Å². The van der Waals surface area contributed by atoms with Gasteiger partial charge in [0.25, 0.3) is 5.56 Å². The quantitative estimate of drug-likeness (QED) is 0.482. The third kappa shape index (κ3) is 3.65. The fourth-order valence-electron chi connectivity index (χ4n) is 3.31. The first-order valence-electron chi connectivity index (χ1n) is 8.77. The minimum Gasteiger partial charge on any atom is -0.288 e. The zero-order chi connectivity index (χ0) is 20.6. The van der Waals surface area contributed by atoms with Gasteiger partial charge in [0, 0.05) is 17.6 Å². The molecule has 1 aromatic carbocycles. The van der Waals surface area contributed by atoms with Crippen molar-refractivity contribution in [3.8, 4) is 11.5 Å². The largest absolute Gasteiger partial charge is 0.434 e. The summed E-state index contributed by atoms with van der Waals surface area (Å²) >= 11 is 1.32. The molecule has 0 fully saturated rings. The predicted molar refractivity (Wildman–Crippen MR) is 105 cm³/mol. The summed E-state index contributed by atoms with van der Waals surface area (Å²) in [5.74, 6) is 0.242. The molecule has 4 rings (SSSR count). The van der Waals surface area contributed by atoms with Crippen molar-refractivity contribution in [1.29, 1.82) is 0 Å². The van der Waals surface area contributed by atoms with Crippen LogP contribution in [0.5, 0.6) is 0 Å². The summed E-state index contributed by atoms with van der Waals surface area (Å²) in [4.78, 5) is 25.3. The average Bonchev–Trinajstić information content (AvgIpc) is 3.22. The number of fused-ring (bicyclic) bond motifs is 1. The number of benzene rings is 1. The number of halogens is 3. The molecule has 0 saturated carbocycles. The molecule has 0 aliphatic carbocycles. The Hall–Kier alpha value is -3.07. The lowest BCUT2D eigenvalue weighted by Gasteiger charge is -2.20. The Morgan fingerprint density at radius 3 is 2.55 bits per heavy atom. The van der Waals surface area contributed by atoms with Gasteiger partial charge in [-0.05, 0) is 25.0 Å². The molecule has 0 amide bonds. The average molecular weight is 416 g/mol. The van der Waals surface area contributed by atoms with Gasteiger partial charge in [0.15, 0.2) is 11.5 Å². The predicted octanol–water partition coefficient (Wildman–Crippen LogP) is 4.74. The van der Waals surface area contributed by atoms with E-state index in [0.717, 1.165) is 11.8 Å². The van der Waals surface area contributed by atoms with Gasteiger partial charge in [0.05, 0.1) is 16.4 Å². The molecule has 0 aliphatic rings. The van der Waals surface area contributed by atoms with Crippen LogP contribution >= 0.6 is 11.3 Å². The Morgan fingerprint density at radius 1 is 1.14 bits per heavy atom. The lowest BCUT2D eigenvalue weighted by molar-refractivity contribution is -0.139. The Bertz CT molecular complexity index is 1200. The summed E-state index contributed by atoms with van der Waals surface area (Å²) in [6, 6.07) is 10.3. The van der Waals surface area contributed by atoms with Gasteiger partial charge >= 0.3 is 6.18 Å². The van der Waals surface area contributed by atoms with Crippen LogP contribution in [0.25, 0.3) is 22.4 Å². The van der Waals surface area contributed by atoms with Gasteiger partial charge in [-0.15, -0.1) is 11.3 Å². The van der Waals surface area contributed by atoms with E-state index in [4.69, 9.17) is 0 Å². The summed E-state index contributed by atoms with van der Waals surface area (Å²) in [5.41, 5.74) is 0.937. The second-order valence-electron chi connectivity index (χ2n) is 6.57. The van der Waals surface area contributed by atoms with Crippen LogP contribution in [0.4, 0.5) is 13.2 Å². The van der Waals surface area contributed by atoms with Crippen LogP contribution in [0.2, 0.25) is 0 Å². The van der Waals surface area contributed by atoms with E-state index in [-0.39, 0.29) is 11.3 Å². The monoisotopic (exact) mass is 416 g/mol. The van der Waals surface area contributed by atoms with E-state index in [2.05, 4.69) is 15.0 Å². The molecule has 0 spiro atoms. The van der Waals surface area contributed by atoms with Crippen molar-refractivity contribution in [2.45, 2.75) is 25.6 Å². The lowest BCUT2D eigenvalue weighted by Crippen LogP contribution is -2.29. The van der Waals surface area contributed by atoms with E-state index in [1.807, 2.05) is 30.3 Å². The van der Waals surface area contributed by atoms with Crippen LogP contribution in [0.3, 0.4) is 0 Å². The zero-order valence-electron chi connectivity index (χ0n) is 15.2. The SMILES string of the molecule is CC(Cc1ccccc1)n1c(-c2cscn2)nc2ccnc(C(F)(F)F)c2c1=O. The maximum Gasteiger partial charge on any atom is 0.434 e. The van der Waals surface area contributed by atoms with Crippen LogP contribution in [0, 0.1) is 0 Å². The molecule has 0 radical (unpaired) electrons. The maximum absolute atomic E-state index is 13.5. The minimum atomic E-state index is -4.76. The fraction of sp³-hybridized carbons (Fsp3) is 0.200. The summed E-state index contributed by atoms with van der Waals surface area (Å²) < 4.78 is 41.8. The molecule has 3 aromatic heterocycles. The van der Waals surface area contributed by atoms with Crippen LogP contribution in [-0.4, -0.2) is 19.5 Å². The smallest absolute Gasteiger partial charge is 0.288 e. The van der Waals surface area contributed by atoms with E-state index < -0.39 is 28.9 Å². The van der Waals surface area contributed by atoms with Crippen molar-refractivity contribution in [2.75, 3.05) is 0 Å². The molecule has 0 bridgehead atoms. The molecule has 9 heteroatoms. The van der Waals surface area contributed by atoms with E-state index in [1.165, 1.54) is 22.0 Å². The number of rotatable bonds is 4. The maximum atomic E-state index is 13.5. The van der Waals surface area contributed by atoms with Crippen molar-refractivity contribution in [1.82, 2.24) is 19.5 Å². The summed E-state index contributed by atoms with van der Waals surface area (Å²) in [6.45, 7) is 1.78. The number of pyridine rings is 1. The van der Waals surface area contributed by atoms with Gasteiger partial charge in [0.1, 0.15) is 5.69 Å². The Labute approximate surface area is 167 Å². The summed E-state index contributed by atoms with van der Waals surface area (Å²) in [5, 5.41) is 1.18. The number of alkyl halides is 3. The third-order valence-electron chi connectivity index (χ3n) is 4.56. The van der Waals surface area contributed by atoms with Crippen molar-refractivity contribution < 1.29 is 13.2 Å². The molecule has 5 nitrogen and oxygen atoms in total. The molecule has 4 aromatic rings. The Balaban J connectivity index is 1.98. The second-order valence-corrected chi connectivity index (χ2v) is 7.29. The lowest BCUT2D eigenvalue weighted by atomic mass is 10.1. The molecule has 1 atom stereocenters. The number of aromatic nitrogens is 4. The highest BCUT2D eigenvalue weighted by Gasteiger charge is 2.36. The van der Waals surface area contributed by atoms with Crippen molar-refractivity contribution in [2.24, 2.45) is 0 Å². The van der Waals surface area contributed by atoms with E-state index in [1.54, 1.807) is 17.8 Å². The fourth-order valence-corrected chi connectivity index (χ4v) is 3.84. The number of hydrogen-bond acceptors (Lipinski definition) is 5. The third-order valence-corrected chi connectivity index (χ3v) is 5.15. The molecule has 148 valence electrons. The Kier molecular flexibility index (Phi) is 4.91. The highest BCUT2D eigenvalue weighted by Crippen LogP contribution is 2.32. The van der Waals surface area contributed by atoms with Gasteiger partial charge in [-0.1, -0.05) is 30.3 Å². The highest BCUT2D eigenvalue weighted by molar-refractivity contribution is 7.07. The molecule has 1 unspecified atom stereocenters. The number of thiazole rings is 1. The summed E-state index contributed by atoms with van der Waals surface area (Å²) in [7, 11) is 0. The first-order chi connectivity index (χ1) is 13.9. The molecule has 3 heterocycles. The van der Waals surface area contributed by atoms with Crippen LogP contribution in [-0.2, 0) is 12.6 Å². The van der Waals surface area contributed by atoms with Crippen molar-refractivity contribution >= 4 is 22.2 Å². The first kappa shape index (κ1) is 19.3. The topological polar surface area (TPSA) is 60.7 Å². The summed E-state index contributed by atoms with van der Waals surface area (Å²) in [6.07, 6.45) is -3.30. The van der Waals surface area contributed by atoms with Crippen molar-refractivity contribution in [3.63, 3.8) is 0 Å². The Morgan fingerprint density at radius 2 is 1.90 bits per heavy atom. The first-order valence-corrected chi connectivity index (χ1v) is 9.71. The number of hydrogen-bond donors (Lipinski definition) is 0. The second kappa shape index (κ2) is 7.40. The van der Waals surface area contributed by atoms with Crippen molar-refractivity contribution in [3.05, 3.63) is 75.1 Å². The van der Waals surface area contributed by atoms with Crippen LogP contribution in [0.15, 0.2) is 58.3 Å². The minimum absolute atomic E-state index is 0.0523. The molecule has 0 N–H and O–H groups in total. The van der Waals surface area contributed by atoms with Crippen LogP contribution < -0.4 is 5.56 Å². The molecule has 0 saturated heterocycles. The van der Waals surface area contributed by atoms with E-state index in [0.29, 0.717) is 12.1 Å². The van der Waals surface area contributed by atoms with E-state index >= 15 is 0 Å². The normalized spacial score (nSPS) is 13.0. The van der Waals surface area contributed by atoms with Gasteiger partial charge in [-0.25, -0.2) is 9.97 Å². The van der Waals surface area contributed by atoms with E-state index in [9.17, 15) is 18.0 Å². The van der Waals surface area contributed by atoms with Gasteiger partial charge in [0.2, 0.25) is 0 Å². The molecular formula is C20H15F3N4OS. The molecule has 29 heavy (non-hydrogen) atoms. The standard InChI is InChI=1S/C20H15F3N4OS/c1-12(9-13-5-3-2-4-6-13)27-18(15-10-29-11-25-15)26-14-7-8-24-17(20(21,22)23)16(14)19(27)28/h2-8,10-12H,9H2,1H3. The number of nitrogens with zero attached hydrogens (tertiary/aromatic N) is 4. The molecular weight excluding hydrogens is 401 g/mol. The van der Waals surface area contributed by atoms with Gasteiger partial charge < -0.3 is 0 Å².